The van der Waals surface area contributed by atoms with E-state index >= 15 is 0 Å². The van der Waals surface area contributed by atoms with Gasteiger partial charge in [0.05, 0.1) is 11.8 Å². The second-order valence-corrected chi connectivity index (χ2v) is 8.65. The van der Waals surface area contributed by atoms with E-state index in [-0.39, 0.29) is 30.0 Å². The van der Waals surface area contributed by atoms with E-state index in [4.69, 9.17) is 10.5 Å². The van der Waals surface area contributed by atoms with Crippen LogP contribution < -0.4 is 11.1 Å². The van der Waals surface area contributed by atoms with E-state index in [0.29, 0.717) is 31.0 Å². The Bertz CT molecular complexity index is 958. The Hall–Kier alpha value is -3.10. The molecular weight excluding hydrogens is 396 g/mol. The van der Waals surface area contributed by atoms with E-state index < -0.39 is 0 Å². The molecule has 3 heterocycles. The van der Waals surface area contributed by atoms with Gasteiger partial charge in [0.1, 0.15) is 11.9 Å². The van der Waals surface area contributed by atoms with E-state index in [1.807, 2.05) is 13.2 Å². The highest BCUT2D eigenvalue weighted by Gasteiger charge is 2.32. The number of pyridine rings is 1. The Morgan fingerprint density at radius 1 is 1.19 bits per heavy atom. The summed E-state index contributed by atoms with van der Waals surface area (Å²) in [4.78, 5) is 31.3. The molecule has 31 heavy (non-hydrogen) atoms. The molecule has 0 radical (unpaired) electrons. The molecule has 3 atom stereocenters. The molecule has 9 nitrogen and oxygen atoms in total. The van der Waals surface area contributed by atoms with Crippen molar-refractivity contribution in [1.82, 2.24) is 25.0 Å². The van der Waals surface area contributed by atoms with Crippen LogP contribution in [0.3, 0.4) is 0 Å². The molecule has 3 N–H and O–H groups in total. The van der Waals surface area contributed by atoms with Crippen molar-refractivity contribution in [3.05, 3.63) is 30.2 Å². The maximum atomic E-state index is 12.9. The van der Waals surface area contributed by atoms with Gasteiger partial charge in [0.25, 0.3) is 5.91 Å². The number of carbonyl (C=O) groups is 2. The van der Waals surface area contributed by atoms with Gasteiger partial charge < -0.3 is 20.7 Å². The molecule has 1 saturated heterocycles. The number of carbonyl (C=O) groups excluding carboxylic acids is 2. The summed E-state index contributed by atoms with van der Waals surface area (Å²) < 4.78 is 7.43. The molecule has 2 amide bonds. The molecule has 1 saturated carbocycles. The molecule has 1 aliphatic heterocycles. The Labute approximate surface area is 181 Å². The van der Waals surface area contributed by atoms with Crippen LogP contribution in [0.15, 0.2) is 24.7 Å². The van der Waals surface area contributed by atoms with Gasteiger partial charge in [0.2, 0.25) is 0 Å². The van der Waals surface area contributed by atoms with Crippen LogP contribution in [0.1, 0.15) is 49.4 Å². The number of anilines is 1. The predicted octanol–water partition coefficient (Wildman–Crippen LogP) is 2.58. The lowest BCUT2D eigenvalue weighted by Gasteiger charge is -2.30. The fraction of sp³-hybridized carbons (Fsp3) is 0.545. The molecule has 2 fully saturated rings. The van der Waals surface area contributed by atoms with E-state index in [9.17, 15) is 9.59 Å². The van der Waals surface area contributed by atoms with E-state index in [1.54, 1.807) is 28.0 Å². The van der Waals surface area contributed by atoms with Gasteiger partial charge in [-0.05, 0) is 37.7 Å². The Morgan fingerprint density at radius 3 is 2.74 bits per heavy atom. The molecule has 1 aliphatic carbocycles. The highest BCUT2D eigenvalue weighted by Crippen LogP contribution is 2.27. The summed E-state index contributed by atoms with van der Waals surface area (Å²) in [6.45, 7) is 3.14. The topological polar surface area (TPSA) is 115 Å². The second kappa shape index (κ2) is 8.95. The summed E-state index contributed by atoms with van der Waals surface area (Å²) in [7, 11) is 1.83. The number of hydrogen-bond donors (Lipinski definition) is 2. The molecule has 0 spiro atoms. The number of nitrogen functional groups attached to an aromatic ring is 1. The normalized spacial score (nSPS) is 23.5. The number of ether oxygens (including phenoxy) is 1. The summed E-state index contributed by atoms with van der Waals surface area (Å²) in [5.74, 6) is 0.279. The first-order valence-electron chi connectivity index (χ1n) is 10.9. The minimum absolute atomic E-state index is 0.00372. The quantitative estimate of drug-likeness (QED) is 0.776. The molecule has 2 aromatic heterocycles. The van der Waals surface area contributed by atoms with Gasteiger partial charge in [-0.3, -0.25) is 9.48 Å². The zero-order valence-electron chi connectivity index (χ0n) is 18.1. The van der Waals surface area contributed by atoms with Crippen LogP contribution in [-0.2, 0) is 11.8 Å². The van der Waals surface area contributed by atoms with Crippen LogP contribution in [-0.4, -0.2) is 56.9 Å². The van der Waals surface area contributed by atoms with Gasteiger partial charge in [0, 0.05) is 49.7 Å². The van der Waals surface area contributed by atoms with Gasteiger partial charge >= 0.3 is 6.09 Å². The monoisotopic (exact) mass is 426 g/mol. The van der Waals surface area contributed by atoms with Gasteiger partial charge in [-0.2, -0.15) is 5.10 Å². The maximum Gasteiger partial charge on any atom is 0.410 e. The minimum atomic E-state index is -0.295. The molecule has 4 rings (SSSR count). The number of hydrogen-bond acceptors (Lipinski definition) is 6. The standard InChI is InChI=1S/C22H30N6O3/c1-14-5-3-4-6-19(14)31-22(30)28-8-7-17(13-28)26-21(29)18-9-15(10-24-20(18)23)16-11-25-27(2)12-16/h9-12,14,17,19H,3-8,13H2,1-2H3,(H2,23,24)(H,26,29)/t14-,17+,19+/m0/s1. The number of nitrogens with one attached hydrogen (secondary N) is 1. The summed E-state index contributed by atoms with van der Waals surface area (Å²) in [6, 6.07) is 1.57. The van der Waals surface area contributed by atoms with Crippen LogP contribution >= 0.6 is 0 Å². The second-order valence-electron chi connectivity index (χ2n) is 8.65. The third-order valence-electron chi connectivity index (χ3n) is 6.27. The zero-order chi connectivity index (χ0) is 22.0. The highest BCUT2D eigenvalue weighted by molar-refractivity contribution is 5.99. The predicted molar refractivity (Wildman–Crippen MR) is 116 cm³/mol. The molecule has 0 unspecified atom stereocenters. The fourth-order valence-corrected chi connectivity index (χ4v) is 4.35. The van der Waals surface area contributed by atoms with Crippen molar-refractivity contribution >= 4 is 17.8 Å². The van der Waals surface area contributed by atoms with Crippen molar-refractivity contribution in [1.29, 1.82) is 0 Å². The largest absolute Gasteiger partial charge is 0.446 e. The number of aryl methyl sites for hydroxylation is 1. The molecule has 0 bridgehead atoms. The van der Waals surface area contributed by atoms with Gasteiger partial charge in [-0.1, -0.05) is 13.3 Å². The lowest BCUT2D eigenvalue weighted by Crippen LogP contribution is -2.40. The first-order valence-corrected chi connectivity index (χ1v) is 10.9. The average Bonchev–Trinajstić information content (AvgIpc) is 3.39. The van der Waals surface area contributed by atoms with Crippen LogP contribution in [0.5, 0.6) is 0 Å². The van der Waals surface area contributed by atoms with Crippen molar-refractivity contribution in [3.63, 3.8) is 0 Å². The van der Waals surface area contributed by atoms with E-state index in [0.717, 1.165) is 30.4 Å². The minimum Gasteiger partial charge on any atom is -0.446 e. The average molecular weight is 427 g/mol. The third-order valence-corrected chi connectivity index (χ3v) is 6.27. The van der Waals surface area contributed by atoms with E-state index in [1.165, 1.54) is 6.42 Å². The third kappa shape index (κ3) is 4.81. The van der Waals surface area contributed by atoms with Crippen molar-refractivity contribution in [2.45, 2.75) is 51.2 Å². The van der Waals surface area contributed by atoms with Crippen molar-refractivity contribution in [3.8, 4) is 11.1 Å². The number of rotatable bonds is 4. The molecule has 0 aromatic carbocycles. The summed E-state index contributed by atoms with van der Waals surface area (Å²) in [5.41, 5.74) is 7.91. The Balaban J connectivity index is 1.36. The maximum absolute atomic E-state index is 12.9. The van der Waals surface area contributed by atoms with Gasteiger partial charge in [0.15, 0.2) is 0 Å². The zero-order valence-corrected chi connectivity index (χ0v) is 18.1. The van der Waals surface area contributed by atoms with Crippen LogP contribution in [0, 0.1) is 5.92 Å². The number of nitrogens with two attached hydrogens (primary N) is 1. The lowest BCUT2D eigenvalue weighted by molar-refractivity contribution is 0.0236. The smallest absolute Gasteiger partial charge is 0.410 e. The summed E-state index contributed by atoms with van der Waals surface area (Å²) >= 11 is 0. The molecule has 2 aliphatic rings. The number of amides is 2. The number of likely N-dealkylation sites (tertiary alicyclic amines) is 1. The van der Waals surface area contributed by atoms with Crippen LogP contribution in [0.25, 0.3) is 11.1 Å². The van der Waals surface area contributed by atoms with Gasteiger partial charge in [-0.15, -0.1) is 0 Å². The number of nitrogens with zero attached hydrogens (tertiary/aromatic N) is 4. The summed E-state index contributed by atoms with van der Waals surface area (Å²) in [6.07, 6.45) is 9.92. The highest BCUT2D eigenvalue weighted by atomic mass is 16.6. The molecule has 166 valence electrons. The van der Waals surface area contributed by atoms with Crippen LogP contribution in [0.2, 0.25) is 0 Å². The van der Waals surface area contributed by atoms with Crippen molar-refractivity contribution < 1.29 is 14.3 Å². The lowest BCUT2D eigenvalue weighted by atomic mass is 9.88. The first kappa shape index (κ1) is 21.1. The van der Waals surface area contributed by atoms with E-state index in [2.05, 4.69) is 22.3 Å². The van der Waals surface area contributed by atoms with Crippen LogP contribution in [0.4, 0.5) is 10.6 Å². The molecule has 9 heteroatoms. The first-order chi connectivity index (χ1) is 14.9. The molecular formula is C22H30N6O3. The van der Waals surface area contributed by atoms with Crippen molar-refractivity contribution in [2.24, 2.45) is 13.0 Å². The van der Waals surface area contributed by atoms with Gasteiger partial charge in [-0.25, -0.2) is 9.78 Å². The number of aromatic nitrogens is 3. The molecule has 2 aromatic rings. The fourth-order valence-electron chi connectivity index (χ4n) is 4.35. The van der Waals surface area contributed by atoms with Crippen molar-refractivity contribution in [2.75, 3.05) is 18.8 Å². The Morgan fingerprint density at radius 2 is 2.00 bits per heavy atom. The SMILES string of the molecule is C[C@H]1CCCC[C@H]1OC(=O)N1CC[C@@H](NC(=O)c2cc(-c3cnn(C)c3)cnc2N)C1. The summed E-state index contributed by atoms with van der Waals surface area (Å²) in [5, 5.41) is 7.14. The Kier molecular flexibility index (Phi) is 6.11.